The summed E-state index contributed by atoms with van der Waals surface area (Å²) in [5.74, 6) is 0.483. The van der Waals surface area contributed by atoms with Crippen LogP contribution in [0.3, 0.4) is 0 Å². The standard InChI is InChI=1S/C17H11N3O3S/c18-14(21)9-3-1-4-10(7-9)15-19-16(22)13-11(8-24-17(13)20-15)12-5-2-6-23-12/h1-8H,(H2,18,21)(H,19,20,22). The van der Waals surface area contributed by atoms with Gasteiger partial charge in [0.05, 0.1) is 11.6 Å². The second-order valence-corrected chi connectivity index (χ2v) is 6.02. The molecule has 0 spiro atoms. The first kappa shape index (κ1) is 14.4. The first-order valence-electron chi connectivity index (χ1n) is 7.09. The van der Waals surface area contributed by atoms with Crippen molar-refractivity contribution in [2.75, 3.05) is 0 Å². The maximum atomic E-state index is 12.5. The highest BCUT2D eigenvalue weighted by molar-refractivity contribution is 7.17. The van der Waals surface area contributed by atoms with Gasteiger partial charge in [-0.05, 0) is 24.3 Å². The topological polar surface area (TPSA) is 102 Å². The van der Waals surface area contributed by atoms with Gasteiger partial charge in [0.2, 0.25) is 5.91 Å². The highest BCUT2D eigenvalue weighted by atomic mass is 32.1. The first-order valence-corrected chi connectivity index (χ1v) is 7.97. The van der Waals surface area contributed by atoms with Gasteiger partial charge in [0.1, 0.15) is 16.4 Å². The molecule has 7 heteroatoms. The molecule has 4 aromatic rings. The fourth-order valence-electron chi connectivity index (χ4n) is 2.52. The molecule has 0 bridgehead atoms. The van der Waals surface area contributed by atoms with Crippen LogP contribution in [-0.4, -0.2) is 15.9 Å². The highest BCUT2D eigenvalue weighted by Crippen LogP contribution is 2.31. The normalized spacial score (nSPS) is 11.0. The lowest BCUT2D eigenvalue weighted by molar-refractivity contribution is 0.100. The number of nitrogens with two attached hydrogens (primary N) is 1. The molecule has 0 fully saturated rings. The molecular weight excluding hydrogens is 326 g/mol. The third-order valence-corrected chi connectivity index (χ3v) is 4.52. The van der Waals surface area contributed by atoms with E-state index in [2.05, 4.69) is 9.97 Å². The number of carbonyl (C=O) groups excluding carboxylic acids is 1. The number of fused-ring (bicyclic) bond motifs is 1. The largest absolute Gasteiger partial charge is 0.464 e. The van der Waals surface area contributed by atoms with Crippen LogP contribution in [-0.2, 0) is 0 Å². The fraction of sp³-hybridized carbons (Fsp3) is 0. The molecule has 4 rings (SSSR count). The van der Waals surface area contributed by atoms with Gasteiger partial charge in [-0.1, -0.05) is 12.1 Å². The van der Waals surface area contributed by atoms with Gasteiger partial charge in [0.25, 0.3) is 5.56 Å². The van der Waals surface area contributed by atoms with Gasteiger partial charge in [-0.15, -0.1) is 11.3 Å². The van der Waals surface area contributed by atoms with E-state index in [1.54, 1.807) is 42.7 Å². The average Bonchev–Trinajstić information content (AvgIpc) is 3.24. The molecule has 0 aliphatic rings. The van der Waals surface area contributed by atoms with Crippen LogP contribution in [0.1, 0.15) is 10.4 Å². The minimum Gasteiger partial charge on any atom is -0.464 e. The number of nitrogens with one attached hydrogen (secondary N) is 1. The Morgan fingerprint density at radius 2 is 2.12 bits per heavy atom. The van der Waals surface area contributed by atoms with E-state index in [1.165, 1.54) is 11.3 Å². The van der Waals surface area contributed by atoms with Crippen molar-refractivity contribution in [1.29, 1.82) is 0 Å². The lowest BCUT2D eigenvalue weighted by Gasteiger charge is -2.03. The van der Waals surface area contributed by atoms with E-state index in [4.69, 9.17) is 10.2 Å². The molecule has 6 nitrogen and oxygen atoms in total. The second kappa shape index (κ2) is 5.47. The Hall–Kier alpha value is -3.19. The minimum atomic E-state index is -0.531. The quantitative estimate of drug-likeness (QED) is 0.600. The van der Waals surface area contributed by atoms with Gasteiger partial charge in [0.15, 0.2) is 0 Å². The molecule has 0 atom stereocenters. The summed E-state index contributed by atoms with van der Waals surface area (Å²) in [4.78, 5) is 31.7. The van der Waals surface area contributed by atoms with E-state index in [-0.39, 0.29) is 5.56 Å². The maximum absolute atomic E-state index is 12.5. The Bertz CT molecular complexity index is 1110. The SMILES string of the molecule is NC(=O)c1cccc(-c2nc3scc(-c4ccco4)c3c(=O)[nH]2)c1. The van der Waals surface area contributed by atoms with E-state index in [1.807, 2.05) is 5.38 Å². The van der Waals surface area contributed by atoms with Crippen molar-refractivity contribution in [2.24, 2.45) is 5.73 Å². The van der Waals surface area contributed by atoms with E-state index >= 15 is 0 Å². The predicted molar refractivity (Wildman–Crippen MR) is 91.9 cm³/mol. The summed E-state index contributed by atoms with van der Waals surface area (Å²) in [6.45, 7) is 0. The van der Waals surface area contributed by atoms with Crippen molar-refractivity contribution >= 4 is 27.5 Å². The van der Waals surface area contributed by atoms with Crippen LogP contribution < -0.4 is 11.3 Å². The zero-order chi connectivity index (χ0) is 16.7. The molecule has 0 saturated heterocycles. The van der Waals surface area contributed by atoms with Crippen LogP contribution in [0.5, 0.6) is 0 Å². The molecule has 0 aliphatic heterocycles. The van der Waals surface area contributed by atoms with Crippen LogP contribution in [0.15, 0.2) is 57.3 Å². The number of aromatic nitrogens is 2. The van der Waals surface area contributed by atoms with E-state index in [0.717, 1.165) is 0 Å². The number of H-pyrrole nitrogens is 1. The second-order valence-electron chi connectivity index (χ2n) is 5.17. The molecule has 3 aromatic heterocycles. The van der Waals surface area contributed by atoms with Gasteiger partial charge < -0.3 is 15.1 Å². The summed E-state index contributed by atoms with van der Waals surface area (Å²) >= 11 is 1.36. The summed E-state index contributed by atoms with van der Waals surface area (Å²) in [6.07, 6.45) is 1.56. The summed E-state index contributed by atoms with van der Waals surface area (Å²) in [5, 5.41) is 2.33. The van der Waals surface area contributed by atoms with Crippen LogP contribution in [0.2, 0.25) is 0 Å². The van der Waals surface area contributed by atoms with Gasteiger partial charge in [0, 0.05) is 22.1 Å². The van der Waals surface area contributed by atoms with Gasteiger partial charge in [-0.25, -0.2) is 4.98 Å². The van der Waals surface area contributed by atoms with E-state index in [9.17, 15) is 9.59 Å². The number of benzene rings is 1. The van der Waals surface area contributed by atoms with Crippen molar-refractivity contribution in [3.63, 3.8) is 0 Å². The number of thiophene rings is 1. The number of amides is 1. The maximum Gasteiger partial charge on any atom is 0.260 e. The summed E-state index contributed by atoms with van der Waals surface area (Å²) < 4.78 is 5.37. The molecule has 1 amide bonds. The van der Waals surface area contributed by atoms with Gasteiger partial charge >= 0.3 is 0 Å². The van der Waals surface area contributed by atoms with Crippen molar-refractivity contribution < 1.29 is 9.21 Å². The first-order chi connectivity index (χ1) is 11.6. The van der Waals surface area contributed by atoms with Crippen LogP contribution >= 0.6 is 11.3 Å². The smallest absolute Gasteiger partial charge is 0.260 e. The van der Waals surface area contributed by atoms with E-state index in [0.29, 0.717) is 38.5 Å². The number of nitrogens with zero attached hydrogens (tertiary/aromatic N) is 1. The molecular formula is C17H11N3O3S. The molecule has 1 aromatic carbocycles. The van der Waals surface area contributed by atoms with E-state index < -0.39 is 5.91 Å². The zero-order valence-corrected chi connectivity index (χ0v) is 13.1. The van der Waals surface area contributed by atoms with Crippen LogP contribution in [0, 0.1) is 0 Å². The van der Waals surface area contributed by atoms with Crippen LogP contribution in [0.25, 0.3) is 32.9 Å². The van der Waals surface area contributed by atoms with Crippen LogP contribution in [0.4, 0.5) is 0 Å². The monoisotopic (exact) mass is 337 g/mol. The number of hydrogen-bond acceptors (Lipinski definition) is 5. The molecule has 0 radical (unpaired) electrons. The number of carbonyl (C=O) groups is 1. The Morgan fingerprint density at radius 3 is 2.88 bits per heavy atom. The summed E-state index contributed by atoms with van der Waals surface area (Å²) in [6, 6.07) is 10.2. The predicted octanol–water partition coefficient (Wildman–Crippen LogP) is 3.01. The van der Waals surface area contributed by atoms with Crippen molar-refractivity contribution in [1.82, 2.24) is 9.97 Å². The fourth-order valence-corrected chi connectivity index (χ4v) is 3.45. The molecule has 24 heavy (non-hydrogen) atoms. The number of primary amides is 1. The number of rotatable bonds is 3. The number of hydrogen-bond donors (Lipinski definition) is 2. The van der Waals surface area contributed by atoms with Gasteiger partial charge in [-0.3, -0.25) is 9.59 Å². The number of furan rings is 1. The third-order valence-electron chi connectivity index (χ3n) is 3.65. The Balaban J connectivity index is 1.89. The highest BCUT2D eigenvalue weighted by Gasteiger charge is 2.15. The summed E-state index contributed by atoms with van der Waals surface area (Å²) in [7, 11) is 0. The minimum absolute atomic E-state index is 0.257. The Labute approximate surface area is 139 Å². The van der Waals surface area contributed by atoms with Crippen molar-refractivity contribution in [3.8, 4) is 22.7 Å². The molecule has 3 heterocycles. The summed E-state index contributed by atoms with van der Waals surface area (Å²) in [5.41, 5.74) is 6.74. The Morgan fingerprint density at radius 1 is 1.25 bits per heavy atom. The van der Waals surface area contributed by atoms with Gasteiger partial charge in [-0.2, -0.15) is 0 Å². The third kappa shape index (κ3) is 2.31. The van der Waals surface area contributed by atoms with Crippen molar-refractivity contribution in [2.45, 2.75) is 0 Å². The molecule has 118 valence electrons. The average molecular weight is 337 g/mol. The lowest BCUT2D eigenvalue weighted by atomic mass is 10.1. The molecule has 0 saturated carbocycles. The molecule has 0 aliphatic carbocycles. The molecule has 0 unspecified atom stereocenters. The zero-order valence-electron chi connectivity index (χ0n) is 12.3. The van der Waals surface area contributed by atoms with Crippen molar-refractivity contribution in [3.05, 3.63) is 64.0 Å². The Kier molecular flexibility index (Phi) is 3.28. The molecule has 3 N–H and O–H groups in total. The number of aromatic amines is 1. The lowest BCUT2D eigenvalue weighted by Crippen LogP contribution is -2.12.